The molecule has 1 amide bonds. The summed E-state index contributed by atoms with van der Waals surface area (Å²) in [6.07, 6.45) is 1.39. The molecule has 0 aliphatic carbocycles. The van der Waals surface area contributed by atoms with Gasteiger partial charge in [-0.2, -0.15) is 0 Å². The van der Waals surface area contributed by atoms with E-state index in [1.54, 1.807) is 26.4 Å². The maximum Gasteiger partial charge on any atom is 0.242 e. The first-order chi connectivity index (χ1) is 10.1. The highest BCUT2D eigenvalue weighted by Gasteiger charge is 2.15. The van der Waals surface area contributed by atoms with Crippen molar-refractivity contribution >= 4 is 5.91 Å². The van der Waals surface area contributed by atoms with E-state index in [1.807, 2.05) is 13.0 Å². The van der Waals surface area contributed by atoms with Gasteiger partial charge in [0.05, 0.1) is 20.3 Å². The lowest BCUT2D eigenvalue weighted by Crippen LogP contribution is -2.30. The number of methoxy groups -OCH3 is 2. The normalized spacial score (nSPS) is 11.8. The number of aromatic nitrogens is 4. The van der Waals surface area contributed by atoms with Gasteiger partial charge in [-0.05, 0) is 35.5 Å². The Morgan fingerprint density at radius 1 is 1.38 bits per heavy atom. The SMILES string of the molecule is COc1ccc(OC)c([C@@H](C)NC(=O)Cn2cnnn2)c1. The largest absolute Gasteiger partial charge is 0.497 e. The zero-order valence-electron chi connectivity index (χ0n) is 12.1. The molecule has 0 spiro atoms. The van der Waals surface area contributed by atoms with Gasteiger partial charge >= 0.3 is 0 Å². The molecule has 0 bridgehead atoms. The van der Waals surface area contributed by atoms with Crippen LogP contribution in [0.15, 0.2) is 24.5 Å². The monoisotopic (exact) mass is 291 g/mol. The second kappa shape index (κ2) is 6.69. The van der Waals surface area contributed by atoms with Crippen LogP contribution in [0.4, 0.5) is 0 Å². The molecule has 8 heteroatoms. The minimum absolute atomic E-state index is 0.0592. The lowest BCUT2D eigenvalue weighted by Gasteiger charge is -2.18. The van der Waals surface area contributed by atoms with E-state index in [0.29, 0.717) is 11.5 Å². The molecule has 2 aromatic rings. The first kappa shape index (κ1) is 14.8. The molecule has 1 aromatic heterocycles. The number of rotatable bonds is 6. The summed E-state index contributed by atoms with van der Waals surface area (Å²) < 4.78 is 11.9. The number of carbonyl (C=O) groups is 1. The lowest BCUT2D eigenvalue weighted by atomic mass is 10.1. The lowest BCUT2D eigenvalue weighted by molar-refractivity contribution is -0.122. The van der Waals surface area contributed by atoms with Crippen LogP contribution < -0.4 is 14.8 Å². The number of amides is 1. The van der Waals surface area contributed by atoms with Crippen molar-refractivity contribution in [2.24, 2.45) is 0 Å². The summed E-state index contributed by atoms with van der Waals surface area (Å²) in [6, 6.07) is 5.20. The van der Waals surface area contributed by atoms with Gasteiger partial charge in [-0.25, -0.2) is 4.68 Å². The van der Waals surface area contributed by atoms with Crippen molar-refractivity contribution in [3.05, 3.63) is 30.1 Å². The van der Waals surface area contributed by atoms with Crippen molar-refractivity contribution in [2.75, 3.05) is 14.2 Å². The molecule has 8 nitrogen and oxygen atoms in total. The summed E-state index contributed by atoms with van der Waals surface area (Å²) in [5.41, 5.74) is 0.835. The first-order valence-corrected chi connectivity index (χ1v) is 6.36. The molecule has 0 radical (unpaired) electrons. The second-order valence-corrected chi connectivity index (χ2v) is 4.40. The van der Waals surface area contributed by atoms with Gasteiger partial charge in [0.1, 0.15) is 24.4 Å². The van der Waals surface area contributed by atoms with Crippen LogP contribution in [-0.2, 0) is 11.3 Å². The molecular formula is C13H17N5O3. The van der Waals surface area contributed by atoms with Crippen LogP contribution in [0.1, 0.15) is 18.5 Å². The second-order valence-electron chi connectivity index (χ2n) is 4.40. The third kappa shape index (κ3) is 3.68. The Kier molecular flexibility index (Phi) is 4.70. The fourth-order valence-corrected chi connectivity index (χ4v) is 1.94. The van der Waals surface area contributed by atoms with Crippen LogP contribution in [0.25, 0.3) is 0 Å². The molecule has 0 saturated heterocycles. The van der Waals surface area contributed by atoms with Crippen molar-refractivity contribution in [1.29, 1.82) is 0 Å². The summed E-state index contributed by atoms with van der Waals surface area (Å²) in [6.45, 7) is 1.93. The predicted octanol–water partition coefficient (Wildman–Crippen LogP) is 0.568. The molecule has 0 fully saturated rings. The number of benzene rings is 1. The average molecular weight is 291 g/mol. The Morgan fingerprint density at radius 2 is 2.19 bits per heavy atom. The molecule has 0 aliphatic rings. The summed E-state index contributed by atoms with van der Waals surface area (Å²) in [4.78, 5) is 11.9. The molecule has 21 heavy (non-hydrogen) atoms. The Labute approximate surface area is 122 Å². The molecule has 2 rings (SSSR count). The van der Waals surface area contributed by atoms with E-state index < -0.39 is 0 Å². The van der Waals surface area contributed by atoms with E-state index in [-0.39, 0.29) is 18.5 Å². The van der Waals surface area contributed by atoms with Crippen molar-refractivity contribution in [2.45, 2.75) is 19.5 Å². The molecule has 1 atom stereocenters. The molecular weight excluding hydrogens is 274 g/mol. The Hall–Kier alpha value is -2.64. The average Bonchev–Trinajstić information content (AvgIpc) is 2.99. The number of tetrazole rings is 1. The van der Waals surface area contributed by atoms with Crippen molar-refractivity contribution in [3.8, 4) is 11.5 Å². The fourth-order valence-electron chi connectivity index (χ4n) is 1.94. The van der Waals surface area contributed by atoms with Crippen molar-refractivity contribution < 1.29 is 14.3 Å². The number of nitrogens with zero attached hydrogens (tertiary/aromatic N) is 4. The van der Waals surface area contributed by atoms with Crippen LogP contribution in [-0.4, -0.2) is 40.3 Å². The zero-order chi connectivity index (χ0) is 15.2. The zero-order valence-corrected chi connectivity index (χ0v) is 12.1. The van der Waals surface area contributed by atoms with Crippen molar-refractivity contribution in [3.63, 3.8) is 0 Å². The van der Waals surface area contributed by atoms with Gasteiger partial charge in [-0.1, -0.05) is 0 Å². The van der Waals surface area contributed by atoms with E-state index in [9.17, 15) is 4.79 Å². The number of nitrogens with one attached hydrogen (secondary N) is 1. The van der Waals surface area contributed by atoms with Crippen LogP contribution >= 0.6 is 0 Å². The number of ether oxygens (including phenoxy) is 2. The Bertz CT molecular complexity index is 600. The molecule has 0 unspecified atom stereocenters. The van der Waals surface area contributed by atoms with Crippen LogP contribution in [0, 0.1) is 0 Å². The summed E-state index contributed by atoms with van der Waals surface area (Å²) in [7, 11) is 3.17. The number of hydrogen-bond acceptors (Lipinski definition) is 6. The van der Waals surface area contributed by atoms with Gasteiger partial charge in [0.15, 0.2) is 0 Å². The minimum atomic E-state index is -0.237. The van der Waals surface area contributed by atoms with Crippen molar-refractivity contribution in [1.82, 2.24) is 25.5 Å². The fraction of sp³-hybridized carbons (Fsp3) is 0.385. The Morgan fingerprint density at radius 3 is 2.81 bits per heavy atom. The highest BCUT2D eigenvalue weighted by atomic mass is 16.5. The number of carbonyl (C=O) groups excluding carboxylic acids is 1. The molecule has 1 N–H and O–H groups in total. The van der Waals surface area contributed by atoms with E-state index in [1.165, 1.54) is 11.0 Å². The Balaban J connectivity index is 2.08. The topological polar surface area (TPSA) is 91.2 Å². The first-order valence-electron chi connectivity index (χ1n) is 6.36. The molecule has 1 heterocycles. The molecule has 1 aromatic carbocycles. The third-order valence-electron chi connectivity index (χ3n) is 2.98. The van der Waals surface area contributed by atoms with Gasteiger partial charge in [0.2, 0.25) is 5.91 Å². The number of hydrogen-bond donors (Lipinski definition) is 1. The maximum absolute atomic E-state index is 11.9. The third-order valence-corrected chi connectivity index (χ3v) is 2.98. The minimum Gasteiger partial charge on any atom is -0.497 e. The summed E-state index contributed by atoms with van der Waals surface area (Å²) in [5.74, 6) is 1.19. The standard InChI is InChI=1S/C13H17N5O3/c1-9(15-13(19)7-18-8-14-16-17-18)11-6-10(20-2)4-5-12(11)21-3/h4-6,8-9H,7H2,1-3H3,(H,15,19)/t9-/m1/s1. The van der Waals surface area contributed by atoms with E-state index in [2.05, 4.69) is 20.8 Å². The predicted molar refractivity (Wildman–Crippen MR) is 73.9 cm³/mol. The molecule has 112 valence electrons. The van der Waals surface area contributed by atoms with Crippen LogP contribution in [0.2, 0.25) is 0 Å². The smallest absolute Gasteiger partial charge is 0.242 e. The van der Waals surface area contributed by atoms with Crippen LogP contribution in [0.3, 0.4) is 0 Å². The van der Waals surface area contributed by atoms with Crippen LogP contribution in [0.5, 0.6) is 11.5 Å². The van der Waals surface area contributed by atoms with Gasteiger partial charge in [-0.15, -0.1) is 5.10 Å². The summed E-state index contributed by atoms with van der Waals surface area (Å²) in [5, 5.41) is 13.5. The maximum atomic E-state index is 11.9. The van der Waals surface area contributed by atoms with Gasteiger partial charge < -0.3 is 14.8 Å². The van der Waals surface area contributed by atoms with E-state index >= 15 is 0 Å². The van der Waals surface area contributed by atoms with Gasteiger partial charge in [0, 0.05) is 5.56 Å². The van der Waals surface area contributed by atoms with Gasteiger partial charge in [-0.3, -0.25) is 4.79 Å². The quantitative estimate of drug-likeness (QED) is 0.836. The summed E-state index contributed by atoms with van der Waals surface area (Å²) >= 11 is 0. The van der Waals surface area contributed by atoms with E-state index in [4.69, 9.17) is 9.47 Å². The highest BCUT2D eigenvalue weighted by Crippen LogP contribution is 2.29. The van der Waals surface area contributed by atoms with E-state index in [0.717, 1.165) is 5.56 Å². The molecule has 0 saturated carbocycles. The van der Waals surface area contributed by atoms with Gasteiger partial charge in [0.25, 0.3) is 0 Å². The molecule has 0 aliphatic heterocycles. The highest BCUT2D eigenvalue weighted by molar-refractivity contribution is 5.76.